The second-order valence-corrected chi connectivity index (χ2v) is 13.8. The molecule has 2 heteroatoms. The monoisotopic (exact) mass is 400 g/mol. The van der Waals surface area contributed by atoms with Crippen molar-refractivity contribution in [2.45, 2.75) is 43.9 Å². The van der Waals surface area contributed by atoms with Crippen LogP contribution in [0.5, 0.6) is 0 Å². The van der Waals surface area contributed by atoms with Crippen LogP contribution in [-0.2, 0) is 0 Å². The maximum atomic E-state index is 11.1. The summed E-state index contributed by atoms with van der Waals surface area (Å²) in [5.74, 6) is 0. The first kappa shape index (κ1) is 21.3. The minimum absolute atomic E-state index is 0.0327. The summed E-state index contributed by atoms with van der Waals surface area (Å²) in [4.78, 5) is 0. The van der Waals surface area contributed by atoms with Crippen LogP contribution in [0.3, 0.4) is 0 Å². The first-order valence-corrected chi connectivity index (χ1v) is 12.5. The van der Waals surface area contributed by atoms with Crippen LogP contribution < -0.4 is 10.4 Å². The van der Waals surface area contributed by atoms with Crippen molar-refractivity contribution < 1.29 is 5.11 Å². The van der Waals surface area contributed by atoms with Crippen molar-refractivity contribution in [1.29, 1.82) is 0 Å². The van der Waals surface area contributed by atoms with Crippen molar-refractivity contribution in [1.82, 2.24) is 0 Å². The molecule has 29 heavy (non-hydrogen) atoms. The molecule has 1 nitrogen and oxygen atoms in total. The van der Waals surface area contributed by atoms with Crippen molar-refractivity contribution in [2.24, 2.45) is 0 Å². The average Bonchev–Trinajstić information content (AvgIpc) is 2.74. The maximum Gasteiger partial charge on any atom is 0.130 e. The molecule has 1 N–H and O–H groups in total. The Hall–Kier alpha value is -2.42. The summed E-state index contributed by atoms with van der Waals surface area (Å²) in [5.41, 5.74) is 1.15. The average molecular weight is 401 g/mol. The lowest BCUT2D eigenvalue weighted by Crippen LogP contribution is -2.67. The molecule has 0 bridgehead atoms. The highest BCUT2D eigenvalue weighted by atomic mass is 28.3. The predicted octanol–water partition coefficient (Wildman–Crippen LogP) is 5.73. The lowest BCUT2D eigenvalue weighted by molar-refractivity contribution is 0.168. The fourth-order valence-electron chi connectivity index (χ4n) is 4.92. The highest BCUT2D eigenvalue weighted by Gasteiger charge is 2.52. The quantitative estimate of drug-likeness (QED) is 0.397. The highest BCUT2D eigenvalue weighted by molar-refractivity contribution is 7.05. The van der Waals surface area contributed by atoms with Gasteiger partial charge in [-0.25, -0.2) is 0 Å². The molecule has 3 aromatic rings. The van der Waals surface area contributed by atoms with Gasteiger partial charge in [-0.3, -0.25) is 0 Å². The Morgan fingerprint density at radius 3 is 1.59 bits per heavy atom. The molecular weight excluding hydrogens is 368 g/mol. The molecule has 0 aliphatic carbocycles. The predicted molar refractivity (Wildman–Crippen MR) is 128 cm³/mol. The van der Waals surface area contributed by atoms with Gasteiger partial charge in [0, 0.05) is 0 Å². The van der Waals surface area contributed by atoms with E-state index in [1.807, 2.05) is 30.3 Å². The first-order valence-electron chi connectivity index (χ1n) is 10.4. The Kier molecular flexibility index (Phi) is 6.56. The Bertz CT molecular complexity index is 858. The van der Waals surface area contributed by atoms with Crippen molar-refractivity contribution in [3.63, 3.8) is 0 Å². The van der Waals surface area contributed by atoms with Crippen molar-refractivity contribution in [3.05, 3.63) is 109 Å². The number of aliphatic hydroxyl groups is 1. The minimum atomic E-state index is -2.35. The smallest absolute Gasteiger partial charge is 0.130 e. The summed E-state index contributed by atoms with van der Waals surface area (Å²) < 4.78 is 0. The maximum absolute atomic E-state index is 11.1. The SMILES string of the molecule is C=C[C@H](C[C@H](O)c1ccccc1)[Si](c1ccccc1)(c1ccccc1)C(C)(C)C. The van der Waals surface area contributed by atoms with E-state index in [-0.39, 0.29) is 10.6 Å². The second kappa shape index (κ2) is 8.94. The third-order valence-electron chi connectivity index (χ3n) is 6.14. The summed E-state index contributed by atoms with van der Waals surface area (Å²) in [6.07, 6.45) is 2.26. The lowest BCUT2D eigenvalue weighted by atomic mass is 10.0. The van der Waals surface area contributed by atoms with Crippen molar-refractivity contribution in [3.8, 4) is 0 Å². The lowest BCUT2D eigenvalue weighted by Gasteiger charge is -2.49. The van der Waals surface area contributed by atoms with Crippen LogP contribution in [-0.4, -0.2) is 13.2 Å². The largest absolute Gasteiger partial charge is 0.388 e. The van der Waals surface area contributed by atoms with E-state index in [1.54, 1.807) is 0 Å². The third kappa shape index (κ3) is 4.14. The van der Waals surface area contributed by atoms with Gasteiger partial charge in [0.05, 0.1) is 6.10 Å². The van der Waals surface area contributed by atoms with E-state index < -0.39 is 14.2 Å². The number of hydrogen-bond donors (Lipinski definition) is 1. The highest BCUT2D eigenvalue weighted by Crippen LogP contribution is 2.46. The van der Waals surface area contributed by atoms with E-state index in [1.165, 1.54) is 10.4 Å². The van der Waals surface area contributed by atoms with Crippen LogP contribution in [0.15, 0.2) is 104 Å². The van der Waals surface area contributed by atoms with Crippen molar-refractivity contribution in [2.75, 3.05) is 0 Å². The molecule has 0 aliphatic heterocycles. The summed E-state index contributed by atoms with van der Waals surface area (Å²) in [6.45, 7) is 11.3. The molecule has 0 aliphatic rings. The van der Waals surface area contributed by atoms with Gasteiger partial charge in [-0.05, 0) is 22.6 Å². The van der Waals surface area contributed by atoms with Gasteiger partial charge in [0.15, 0.2) is 0 Å². The van der Waals surface area contributed by atoms with Crippen molar-refractivity contribution >= 4 is 18.4 Å². The molecule has 150 valence electrons. The molecule has 0 radical (unpaired) electrons. The molecule has 0 aromatic heterocycles. The van der Waals surface area contributed by atoms with Crippen LogP contribution in [0.25, 0.3) is 0 Å². The van der Waals surface area contributed by atoms with Gasteiger partial charge >= 0.3 is 0 Å². The zero-order valence-electron chi connectivity index (χ0n) is 17.8. The van der Waals surface area contributed by atoms with E-state index in [9.17, 15) is 5.11 Å². The van der Waals surface area contributed by atoms with E-state index in [0.29, 0.717) is 6.42 Å². The number of hydrogen-bond acceptors (Lipinski definition) is 1. The number of benzene rings is 3. The summed E-state index contributed by atoms with van der Waals surface area (Å²) in [6, 6.07) is 31.8. The molecular formula is C27H32OSi. The van der Waals surface area contributed by atoms with Crippen LogP contribution >= 0.6 is 0 Å². The van der Waals surface area contributed by atoms with Gasteiger partial charge < -0.3 is 5.11 Å². The molecule has 0 amide bonds. The molecule has 0 fully saturated rings. The van der Waals surface area contributed by atoms with Gasteiger partial charge in [0.25, 0.3) is 0 Å². The number of allylic oxidation sites excluding steroid dienone is 1. The molecule has 3 rings (SSSR count). The Morgan fingerprint density at radius 1 is 0.793 bits per heavy atom. The molecule has 0 heterocycles. The van der Waals surface area contributed by atoms with Crippen LogP contribution in [0.4, 0.5) is 0 Å². The van der Waals surface area contributed by atoms with E-state index in [4.69, 9.17) is 0 Å². The number of aliphatic hydroxyl groups excluding tert-OH is 1. The summed E-state index contributed by atoms with van der Waals surface area (Å²) in [7, 11) is -2.35. The number of rotatable bonds is 7. The topological polar surface area (TPSA) is 20.2 Å². The standard InChI is InChI=1S/C27H32OSi/c1-5-23(21-26(28)22-15-9-6-10-16-22)29(27(2,3)4,24-17-11-7-12-18-24)25-19-13-8-14-20-25/h5-20,23,26,28H,1,21H2,2-4H3/t23-,26+/m1/s1. The zero-order valence-corrected chi connectivity index (χ0v) is 18.8. The van der Waals surface area contributed by atoms with E-state index >= 15 is 0 Å². The Balaban J connectivity index is 2.19. The Morgan fingerprint density at radius 2 is 1.21 bits per heavy atom. The normalized spacial score (nSPS) is 14.2. The van der Waals surface area contributed by atoms with Crippen LogP contribution in [0, 0.1) is 0 Å². The second-order valence-electron chi connectivity index (χ2n) is 8.79. The summed E-state index contributed by atoms with van der Waals surface area (Å²) in [5, 5.41) is 13.9. The zero-order chi connectivity index (χ0) is 20.9. The first-order chi connectivity index (χ1) is 13.9. The van der Waals surface area contributed by atoms with Crippen LogP contribution in [0.2, 0.25) is 10.6 Å². The summed E-state index contributed by atoms with van der Waals surface area (Å²) >= 11 is 0. The van der Waals surface area contributed by atoms with E-state index in [2.05, 4.69) is 94.1 Å². The Labute approximate surface area is 176 Å². The van der Waals surface area contributed by atoms with E-state index in [0.717, 1.165) is 5.56 Å². The van der Waals surface area contributed by atoms with Gasteiger partial charge in [-0.2, -0.15) is 0 Å². The third-order valence-corrected chi connectivity index (χ3v) is 12.6. The molecule has 2 atom stereocenters. The van der Waals surface area contributed by atoms with Crippen LogP contribution in [0.1, 0.15) is 38.9 Å². The van der Waals surface area contributed by atoms with Gasteiger partial charge in [-0.1, -0.05) is 128 Å². The van der Waals surface area contributed by atoms with Gasteiger partial charge in [-0.15, -0.1) is 6.58 Å². The fraction of sp³-hybridized carbons (Fsp3) is 0.259. The molecule has 3 aromatic carbocycles. The molecule has 0 spiro atoms. The molecule has 0 saturated carbocycles. The minimum Gasteiger partial charge on any atom is -0.388 e. The van der Waals surface area contributed by atoms with Gasteiger partial charge in [0.1, 0.15) is 8.07 Å². The fourth-order valence-corrected chi connectivity index (χ4v) is 11.3. The van der Waals surface area contributed by atoms with Gasteiger partial charge in [0.2, 0.25) is 0 Å². The molecule has 0 saturated heterocycles. The molecule has 0 unspecified atom stereocenters.